The van der Waals surface area contributed by atoms with Crippen molar-refractivity contribution in [1.82, 2.24) is 5.32 Å². The van der Waals surface area contributed by atoms with E-state index >= 15 is 0 Å². The van der Waals surface area contributed by atoms with Crippen molar-refractivity contribution in [2.45, 2.75) is 168 Å². The number of carbonyl (C=O) groups is 2. The highest BCUT2D eigenvalue weighted by molar-refractivity contribution is 7.47. The van der Waals surface area contributed by atoms with Gasteiger partial charge in [0, 0.05) is 19.4 Å². The molecule has 10 heteroatoms. The van der Waals surface area contributed by atoms with Crippen LogP contribution in [0, 0.1) is 0 Å². The highest BCUT2D eigenvalue weighted by atomic mass is 31.2. The van der Waals surface area contributed by atoms with E-state index in [9.17, 15) is 24.2 Å². The Morgan fingerprint density at radius 1 is 0.674 bits per heavy atom. The molecular weight excluding hydrogens is 605 g/mol. The van der Waals surface area contributed by atoms with E-state index in [-0.39, 0.29) is 32.1 Å². The zero-order valence-corrected chi connectivity index (χ0v) is 30.2. The van der Waals surface area contributed by atoms with Gasteiger partial charge in [0.05, 0.1) is 13.2 Å². The molecule has 0 aliphatic heterocycles. The van der Waals surface area contributed by atoms with Crippen LogP contribution in [-0.4, -0.2) is 54.3 Å². The molecule has 2 atom stereocenters. The standard InChI is InChI=1S/C36H68NO8P/c1-3-5-7-9-10-11-12-13-14-15-16-17-18-19-20-21-22-23-24-25-26-28-35(39)37-30-31-44-46(41,42)45-33-34(38)32-43-36(40)29-27-8-6-4-2/h10-11,13-14,34,38H,3-9,12,15-33H2,1-2H3,(H,37,39)(H,41,42)/b11-10-,14-13-. The van der Waals surface area contributed by atoms with Crippen molar-refractivity contribution < 1.29 is 37.9 Å². The zero-order chi connectivity index (χ0) is 34.0. The molecule has 0 heterocycles. The molecule has 0 rings (SSSR count). The maximum atomic E-state index is 12.0. The predicted molar refractivity (Wildman–Crippen MR) is 188 cm³/mol. The third-order valence-corrected chi connectivity index (χ3v) is 8.62. The van der Waals surface area contributed by atoms with Gasteiger partial charge in [-0.25, -0.2) is 4.57 Å². The Morgan fingerprint density at radius 2 is 1.17 bits per heavy atom. The fourth-order valence-electron chi connectivity index (χ4n) is 4.82. The molecule has 0 aromatic rings. The van der Waals surface area contributed by atoms with Crippen LogP contribution in [0.5, 0.6) is 0 Å². The second kappa shape index (κ2) is 33.4. The number of hydrogen-bond donors (Lipinski definition) is 3. The Hall–Kier alpha value is -1.51. The van der Waals surface area contributed by atoms with Gasteiger partial charge in [0.1, 0.15) is 12.7 Å². The van der Waals surface area contributed by atoms with Gasteiger partial charge in [0.25, 0.3) is 0 Å². The lowest BCUT2D eigenvalue weighted by atomic mass is 10.0. The molecule has 0 aromatic carbocycles. The van der Waals surface area contributed by atoms with Crippen LogP contribution in [0.3, 0.4) is 0 Å². The molecule has 0 aliphatic rings. The maximum Gasteiger partial charge on any atom is 0.472 e. The van der Waals surface area contributed by atoms with Crippen LogP contribution < -0.4 is 5.32 Å². The van der Waals surface area contributed by atoms with Crippen LogP contribution in [0.25, 0.3) is 0 Å². The molecule has 0 spiro atoms. The van der Waals surface area contributed by atoms with Gasteiger partial charge in [-0.1, -0.05) is 128 Å². The largest absolute Gasteiger partial charge is 0.472 e. The smallest absolute Gasteiger partial charge is 0.463 e. The van der Waals surface area contributed by atoms with Gasteiger partial charge in [0.2, 0.25) is 5.91 Å². The first-order valence-corrected chi connectivity index (χ1v) is 19.8. The molecule has 0 bridgehead atoms. The zero-order valence-electron chi connectivity index (χ0n) is 29.3. The molecule has 0 fully saturated rings. The molecule has 0 radical (unpaired) electrons. The van der Waals surface area contributed by atoms with Crippen LogP contribution in [-0.2, 0) is 27.9 Å². The monoisotopic (exact) mass is 673 g/mol. The Kier molecular flexibility index (Phi) is 32.3. The number of esters is 1. The summed E-state index contributed by atoms with van der Waals surface area (Å²) < 4.78 is 26.5. The molecule has 46 heavy (non-hydrogen) atoms. The van der Waals surface area contributed by atoms with Crippen molar-refractivity contribution in [3.63, 3.8) is 0 Å². The summed E-state index contributed by atoms with van der Waals surface area (Å²) >= 11 is 0. The Morgan fingerprint density at radius 3 is 1.78 bits per heavy atom. The van der Waals surface area contributed by atoms with Crippen molar-refractivity contribution in [2.75, 3.05) is 26.4 Å². The Balaban J connectivity index is 3.53. The van der Waals surface area contributed by atoms with E-state index in [0.29, 0.717) is 6.42 Å². The molecule has 9 nitrogen and oxygen atoms in total. The quantitative estimate of drug-likeness (QED) is 0.0267. The summed E-state index contributed by atoms with van der Waals surface area (Å²) in [6.45, 7) is 3.37. The van der Waals surface area contributed by atoms with Gasteiger partial charge in [-0.05, 0) is 44.9 Å². The molecule has 1 amide bonds. The minimum atomic E-state index is -4.39. The van der Waals surface area contributed by atoms with E-state index < -0.39 is 26.5 Å². The molecule has 0 saturated heterocycles. The van der Waals surface area contributed by atoms with E-state index in [1.165, 1.54) is 83.5 Å². The topological polar surface area (TPSA) is 131 Å². The first-order chi connectivity index (χ1) is 22.3. The van der Waals surface area contributed by atoms with Crippen molar-refractivity contribution in [3.05, 3.63) is 24.3 Å². The summed E-state index contributed by atoms with van der Waals surface area (Å²) in [5.74, 6) is -0.536. The number of carbonyl (C=O) groups excluding carboxylic acids is 2. The van der Waals surface area contributed by atoms with Crippen molar-refractivity contribution in [2.24, 2.45) is 0 Å². The minimum Gasteiger partial charge on any atom is -0.463 e. The van der Waals surface area contributed by atoms with Gasteiger partial charge in [-0.2, -0.15) is 0 Å². The number of phosphoric ester groups is 1. The summed E-state index contributed by atoms with van der Waals surface area (Å²) in [5, 5.41) is 12.5. The van der Waals surface area contributed by atoms with Crippen LogP contribution in [0.2, 0.25) is 0 Å². The fourth-order valence-corrected chi connectivity index (χ4v) is 5.58. The third-order valence-electron chi connectivity index (χ3n) is 7.63. The lowest BCUT2D eigenvalue weighted by Gasteiger charge is -2.15. The highest BCUT2D eigenvalue weighted by Crippen LogP contribution is 2.42. The van der Waals surface area contributed by atoms with E-state index in [0.717, 1.165) is 51.4 Å². The van der Waals surface area contributed by atoms with Crippen LogP contribution in [0.15, 0.2) is 24.3 Å². The van der Waals surface area contributed by atoms with E-state index in [1.54, 1.807) is 0 Å². The van der Waals surface area contributed by atoms with Gasteiger partial charge in [-0.15, -0.1) is 0 Å². The van der Waals surface area contributed by atoms with Gasteiger partial charge in [-0.3, -0.25) is 18.6 Å². The van der Waals surface area contributed by atoms with Crippen molar-refractivity contribution in [3.8, 4) is 0 Å². The van der Waals surface area contributed by atoms with Crippen LogP contribution >= 0.6 is 7.82 Å². The van der Waals surface area contributed by atoms with E-state index in [1.807, 2.05) is 0 Å². The number of amides is 1. The maximum absolute atomic E-state index is 12.0. The number of allylic oxidation sites excluding steroid dienone is 4. The minimum absolute atomic E-state index is 0.0818. The molecular formula is C36H68NO8P. The Labute approximate surface area is 280 Å². The first kappa shape index (κ1) is 44.5. The normalized spacial score (nSPS) is 13.7. The summed E-state index contributed by atoms with van der Waals surface area (Å²) in [4.78, 5) is 33.4. The number of aliphatic hydroxyl groups excluding tert-OH is 1. The average Bonchev–Trinajstić information content (AvgIpc) is 3.04. The molecule has 0 saturated carbocycles. The number of unbranched alkanes of at least 4 members (excludes halogenated alkanes) is 17. The van der Waals surface area contributed by atoms with Crippen LogP contribution in [0.1, 0.15) is 162 Å². The number of rotatable bonds is 34. The van der Waals surface area contributed by atoms with E-state index in [4.69, 9.17) is 13.8 Å². The third kappa shape index (κ3) is 33.8. The second-order valence-corrected chi connectivity index (χ2v) is 13.7. The summed E-state index contributed by atoms with van der Waals surface area (Å²) in [6.07, 6.45) is 33.2. The van der Waals surface area contributed by atoms with Gasteiger partial charge < -0.3 is 20.1 Å². The molecule has 0 aromatic heterocycles. The Bertz CT molecular complexity index is 820. The van der Waals surface area contributed by atoms with Gasteiger partial charge >= 0.3 is 13.8 Å². The van der Waals surface area contributed by atoms with Crippen molar-refractivity contribution in [1.29, 1.82) is 0 Å². The predicted octanol–water partition coefficient (Wildman–Crippen LogP) is 9.26. The number of hydrogen-bond acceptors (Lipinski definition) is 7. The number of nitrogens with one attached hydrogen (secondary N) is 1. The highest BCUT2D eigenvalue weighted by Gasteiger charge is 2.23. The second-order valence-electron chi connectivity index (χ2n) is 12.2. The molecule has 2 unspecified atom stereocenters. The number of phosphoric acid groups is 1. The molecule has 3 N–H and O–H groups in total. The molecule has 270 valence electrons. The fraction of sp³-hybridized carbons (Fsp3) is 0.833. The van der Waals surface area contributed by atoms with E-state index in [2.05, 4.69) is 43.5 Å². The summed E-state index contributed by atoms with van der Waals surface area (Å²) in [5.41, 5.74) is 0. The number of ether oxygens (including phenoxy) is 1. The summed E-state index contributed by atoms with van der Waals surface area (Å²) in [6, 6.07) is 0. The SMILES string of the molecule is CCCCC/C=C\C/C=C\CCCCCCCCCCCCCC(=O)NCCOP(=O)(O)OCC(O)COC(=O)CCCCCC. The summed E-state index contributed by atoms with van der Waals surface area (Å²) in [7, 11) is -4.39. The number of aliphatic hydroxyl groups is 1. The van der Waals surface area contributed by atoms with Gasteiger partial charge in [0.15, 0.2) is 0 Å². The molecule has 0 aliphatic carbocycles. The first-order valence-electron chi connectivity index (χ1n) is 18.3. The lowest BCUT2D eigenvalue weighted by molar-refractivity contribution is -0.147. The van der Waals surface area contributed by atoms with Crippen LogP contribution in [0.4, 0.5) is 0 Å². The lowest BCUT2D eigenvalue weighted by Crippen LogP contribution is -2.27. The van der Waals surface area contributed by atoms with Crippen molar-refractivity contribution >= 4 is 19.7 Å². The average molecular weight is 674 g/mol.